The van der Waals surface area contributed by atoms with Gasteiger partial charge in [0.15, 0.2) is 0 Å². The highest BCUT2D eigenvalue weighted by atomic mass is 16.5. The number of piperazine rings is 1. The number of rotatable bonds is 6. The van der Waals surface area contributed by atoms with Gasteiger partial charge < -0.3 is 14.5 Å². The SMILES string of the molecule is COC(=O)CCc1c(C)nn(-c2ccc(C(=O)N3CCN(C(=O)c4ccc(C)cc4)CC3)cc2)c1C. The molecule has 188 valence electrons. The summed E-state index contributed by atoms with van der Waals surface area (Å²) in [5, 5.41) is 4.63. The summed E-state index contributed by atoms with van der Waals surface area (Å²) < 4.78 is 6.59. The van der Waals surface area contributed by atoms with Crippen LogP contribution < -0.4 is 0 Å². The molecule has 1 aromatic heterocycles. The summed E-state index contributed by atoms with van der Waals surface area (Å²) in [4.78, 5) is 41.0. The van der Waals surface area contributed by atoms with E-state index in [2.05, 4.69) is 5.10 Å². The minimum Gasteiger partial charge on any atom is -0.469 e. The molecule has 0 radical (unpaired) electrons. The number of carbonyl (C=O) groups is 3. The second-order valence-electron chi connectivity index (χ2n) is 9.13. The zero-order valence-electron chi connectivity index (χ0n) is 21.3. The van der Waals surface area contributed by atoms with E-state index in [4.69, 9.17) is 4.74 Å². The highest BCUT2D eigenvalue weighted by Gasteiger charge is 2.25. The van der Waals surface area contributed by atoms with Crippen molar-refractivity contribution < 1.29 is 19.1 Å². The largest absolute Gasteiger partial charge is 0.469 e. The van der Waals surface area contributed by atoms with E-state index in [0.717, 1.165) is 28.2 Å². The van der Waals surface area contributed by atoms with Crippen LogP contribution in [0.2, 0.25) is 0 Å². The second kappa shape index (κ2) is 10.8. The minimum atomic E-state index is -0.246. The topological polar surface area (TPSA) is 84.7 Å². The van der Waals surface area contributed by atoms with Crippen LogP contribution in [0.4, 0.5) is 0 Å². The lowest BCUT2D eigenvalue weighted by molar-refractivity contribution is -0.140. The van der Waals surface area contributed by atoms with Gasteiger partial charge in [0.25, 0.3) is 11.8 Å². The summed E-state index contributed by atoms with van der Waals surface area (Å²) in [6.45, 7) is 7.92. The van der Waals surface area contributed by atoms with Gasteiger partial charge in [-0.15, -0.1) is 0 Å². The Morgan fingerprint density at radius 3 is 1.81 bits per heavy atom. The Kier molecular flexibility index (Phi) is 7.52. The molecule has 1 aliphatic heterocycles. The summed E-state index contributed by atoms with van der Waals surface area (Å²) in [6, 6.07) is 15.0. The van der Waals surface area contributed by atoms with Crippen molar-refractivity contribution in [2.24, 2.45) is 0 Å². The summed E-state index contributed by atoms with van der Waals surface area (Å²) in [5.41, 5.74) is 6.10. The molecule has 4 rings (SSSR count). The van der Waals surface area contributed by atoms with E-state index in [9.17, 15) is 14.4 Å². The zero-order valence-corrected chi connectivity index (χ0v) is 21.3. The van der Waals surface area contributed by atoms with Gasteiger partial charge in [0.05, 0.1) is 18.5 Å². The molecule has 0 N–H and O–H groups in total. The standard InChI is InChI=1S/C28H32N4O4/c1-19-5-7-22(8-6-19)27(34)30-15-17-31(18-16-30)28(35)23-9-11-24(12-10-23)32-21(3)25(20(2)29-32)13-14-26(33)36-4/h5-12H,13-18H2,1-4H3. The molecule has 0 atom stereocenters. The fourth-order valence-corrected chi connectivity index (χ4v) is 4.54. The molecule has 2 aromatic carbocycles. The maximum Gasteiger partial charge on any atom is 0.305 e. The van der Waals surface area contributed by atoms with Crippen LogP contribution in [0.25, 0.3) is 5.69 Å². The molecule has 8 heteroatoms. The average Bonchev–Trinajstić information content (AvgIpc) is 3.19. The van der Waals surface area contributed by atoms with Crippen LogP contribution in [0, 0.1) is 20.8 Å². The monoisotopic (exact) mass is 488 g/mol. The second-order valence-corrected chi connectivity index (χ2v) is 9.13. The van der Waals surface area contributed by atoms with E-state index < -0.39 is 0 Å². The number of amides is 2. The smallest absolute Gasteiger partial charge is 0.305 e. The Morgan fingerprint density at radius 2 is 1.31 bits per heavy atom. The first-order valence-corrected chi connectivity index (χ1v) is 12.2. The highest BCUT2D eigenvalue weighted by Crippen LogP contribution is 2.21. The van der Waals surface area contributed by atoms with Crippen molar-refractivity contribution in [3.63, 3.8) is 0 Å². The van der Waals surface area contributed by atoms with Crippen molar-refractivity contribution in [2.75, 3.05) is 33.3 Å². The fraction of sp³-hybridized carbons (Fsp3) is 0.357. The summed E-state index contributed by atoms with van der Waals surface area (Å²) in [6.07, 6.45) is 0.875. The van der Waals surface area contributed by atoms with Crippen LogP contribution in [0.15, 0.2) is 48.5 Å². The van der Waals surface area contributed by atoms with Crippen LogP contribution in [-0.2, 0) is 16.0 Å². The quantitative estimate of drug-likeness (QED) is 0.496. The minimum absolute atomic E-state index is 0.00212. The number of nitrogens with zero attached hydrogens (tertiary/aromatic N) is 4. The zero-order chi connectivity index (χ0) is 25.8. The Morgan fingerprint density at radius 1 is 0.806 bits per heavy atom. The first-order chi connectivity index (χ1) is 17.3. The molecule has 0 spiro atoms. The Hall–Kier alpha value is -3.94. The van der Waals surface area contributed by atoms with Crippen molar-refractivity contribution >= 4 is 17.8 Å². The molecular formula is C28H32N4O4. The van der Waals surface area contributed by atoms with E-state index in [-0.39, 0.29) is 17.8 Å². The third-order valence-corrected chi connectivity index (χ3v) is 6.76. The predicted octanol–water partition coefficient (Wildman–Crippen LogP) is 3.50. The molecule has 0 bridgehead atoms. The molecule has 2 amide bonds. The number of hydrogen-bond donors (Lipinski definition) is 0. The first-order valence-electron chi connectivity index (χ1n) is 12.2. The van der Waals surface area contributed by atoms with E-state index in [1.54, 1.807) is 9.80 Å². The van der Waals surface area contributed by atoms with Gasteiger partial charge in [0.1, 0.15) is 0 Å². The Balaban J connectivity index is 1.38. The predicted molar refractivity (Wildman–Crippen MR) is 136 cm³/mol. The van der Waals surface area contributed by atoms with Crippen molar-refractivity contribution in [1.29, 1.82) is 0 Å². The lowest BCUT2D eigenvalue weighted by atomic mass is 10.1. The third kappa shape index (κ3) is 5.32. The molecule has 2 heterocycles. The molecule has 36 heavy (non-hydrogen) atoms. The number of aryl methyl sites for hydroxylation is 2. The van der Waals surface area contributed by atoms with Gasteiger partial charge in [-0.25, -0.2) is 4.68 Å². The molecule has 0 unspecified atom stereocenters. The third-order valence-electron chi connectivity index (χ3n) is 6.76. The number of ether oxygens (including phenoxy) is 1. The van der Waals surface area contributed by atoms with Crippen molar-refractivity contribution in [3.05, 3.63) is 82.2 Å². The maximum absolute atomic E-state index is 13.1. The summed E-state index contributed by atoms with van der Waals surface area (Å²) in [7, 11) is 1.39. The average molecular weight is 489 g/mol. The maximum atomic E-state index is 13.1. The Labute approximate surface area is 211 Å². The van der Waals surface area contributed by atoms with Crippen LogP contribution in [-0.4, -0.2) is 70.7 Å². The highest BCUT2D eigenvalue weighted by molar-refractivity contribution is 5.96. The number of methoxy groups -OCH3 is 1. The van der Waals surface area contributed by atoms with E-state index in [0.29, 0.717) is 50.1 Å². The van der Waals surface area contributed by atoms with Gasteiger partial charge in [0.2, 0.25) is 0 Å². The van der Waals surface area contributed by atoms with Gasteiger partial charge in [-0.1, -0.05) is 17.7 Å². The number of esters is 1. The molecule has 0 saturated carbocycles. The van der Waals surface area contributed by atoms with Gasteiger partial charge >= 0.3 is 5.97 Å². The van der Waals surface area contributed by atoms with E-state index in [1.807, 2.05) is 74.0 Å². The van der Waals surface area contributed by atoms with E-state index >= 15 is 0 Å². The van der Waals surface area contributed by atoms with E-state index in [1.165, 1.54) is 7.11 Å². The summed E-state index contributed by atoms with van der Waals surface area (Å²) in [5.74, 6) is -0.289. The van der Waals surface area contributed by atoms with Crippen LogP contribution in [0.3, 0.4) is 0 Å². The van der Waals surface area contributed by atoms with Crippen molar-refractivity contribution in [3.8, 4) is 5.69 Å². The lowest BCUT2D eigenvalue weighted by Gasteiger charge is -2.35. The normalized spacial score (nSPS) is 13.6. The van der Waals surface area contributed by atoms with Gasteiger partial charge in [-0.2, -0.15) is 5.10 Å². The van der Waals surface area contributed by atoms with Gasteiger partial charge in [-0.3, -0.25) is 14.4 Å². The lowest BCUT2D eigenvalue weighted by Crippen LogP contribution is -2.50. The molecule has 8 nitrogen and oxygen atoms in total. The number of hydrogen-bond acceptors (Lipinski definition) is 5. The summed E-state index contributed by atoms with van der Waals surface area (Å²) >= 11 is 0. The van der Waals surface area contributed by atoms with Crippen LogP contribution >= 0.6 is 0 Å². The Bertz CT molecular complexity index is 1250. The molecule has 1 fully saturated rings. The number of aromatic nitrogens is 2. The van der Waals surface area contributed by atoms with Gasteiger partial charge in [-0.05, 0) is 69.2 Å². The van der Waals surface area contributed by atoms with Gasteiger partial charge in [0, 0.05) is 49.4 Å². The molecule has 3 aromatic rings. The van der Waals surface area contributed by atoms with Crippen molar-refractivity contribution in [2.45, 2.75) is 33.6 Å². The molecular weight excluding hydrogens is 456 g/mol. The molecule has 1 aliphatic rings. The van der Waals surface area contributed by atoms with Crippen LogP contribution in [0.5, 0.6) is 0 Å². The molecule has 1 saturated heterocycles. The number of benzene rings is 2. The van der Waals surface area contributed by atoms with Crippen molar-refractivity contribution in [1.82, 2.24) is 19.6 Å². The fourth-order valence-electron chi connectivity index (χ4n) is 4.54. The number of carbonyl (C=O) groups excluding carboxylic acids is 3. The van der Waals surface area contributed by atoms with Crippen LogP contribution in [0.1, 0.15) is 49.7 Å². The molecule has 0 aliphatic carbocycles. The first kappa shape index (κ1) is 25.2.